The molecule has 0 fully saturated rings. The lowest BCUT2D eigenvalue weighted by Gasteiger charge is -2.11. The highest BCUT2D eigenvalue weighted by atomic mass is 16.6. The summed E-state index contributed by atoms with van der Waals surface area (Å²) in [5.41, 5.74) is -0.0716. The molecule has 0 spiro atoms. The predicted molar refractivity (Wildman–Crippen MR) is 71.3 cm³/mol. The Labute approximate surface area is 114 Å². The fraction of sp³-hybridized carbons (Fsp3) is 0.231. The van der Waals surface area contributed by atoms with Crippen molar-refractivity contribution >= 4 is 11.7 Å². The van der Waals surface area contributed by atoms with Crippen LogP contribution in [0, 0.1) is 10.1 Å². The summed E-state index contributed by atoms with van der Waals surface area (Å²) in [6.45, 7) is 3.85. The van der Waals surface area contributed by atoms with Gasteiger partial charge in [0.1, 0.15) is 11.5 Å². The predicted octanol–water partition coefficient (Wildman–Crippen LogP) is 2.60. The lowest BCUT2D eigenvalue weighted by molar-refractivity contribution is -0.384. The van der Waals surface area contributed by atoms with E-state index in [4.69, 9.17) is 5.11 Å². The van der Waals surface area contributed by atoms with Crippen LogP contribution >= 0.6 is 0 Å². The van der Waals surface area contributed by atoms with Crippen LogP contribution in [-0.2, 0) is 0 Å². The second-order valence-electron chi connectivity index (χ2n) is 4.58. The van der Waals surface area contributed by atoms with E-state index in [1.807, 2.05) is 13.8 Å². The lowest BCUT2D eigenvalue weighted by atomic mass is 10.1. The molecule has 0 radical (unpaired) electrons. The summed E-state index contributed by atoms with van der Waals surface area (Å²) in [5.74, 6) is -0.436. The van der Waals surface area contributed by atoms with Gasteiger partial charge in [0.15, 0.2) is 0 Å². The van der Waals surface area contributed by atoms with E-state index in [2.05, 4.69) is 4.98 Å². The Kier molecular flexibility index (Phi) is 3.51. The van der Waals surface area contributed by atoms with Gasteiger partial charge in [-0.25, -0.2) is 9.78 Å². The van der Waals surface area contributed by atoms with Gasteiger partial charge >= 0.3 is 5.97 Å². The molecule has 1 heterocycles. The number of imidazole rings is 1. The summed E-state index contributed by atoms with van der Waals surface area (Å²) in [5, 5.41) is 20.1. The molecule has 1 aromatic heterocycles. The standard InChI is InChI=1S/C13H13N3O4/c1-8(2)12-14-5-6-15(12)10-4-3-9(13(17)18)7-11(10)16(19)20/h3-8H,1-2H3,(H,17,18). The molecule has 0 atom stereocenters. The van der Waals surface area contributed by atoms with Crippen molar-refractivity contribution in [2.45, 2.75) is 19.8 Å². The van der Waals surface area contributed by atoms with Crippen LogP contribution in [0.5, 0.6) is 0 Å². The molecule has 0 saturated carbocycles. The summed E-state index contributed by atoms with van der Waals surface area (Å²) >= 11 is 0. The fourth-order valence-electron chi connectivity index (χ4n) is 1.95. The average molecular weight is 275 g/mol. The van der Waals surface area contributed by atoms with Gasteiger partial charge in [-0.2, -0.15) is 0 Å². The van der Waals surface area contributed by atoms with Crippen LogP contribution in [0.4, 0.5) is 5.69 Å². The summed E-state index contributed by atoms with van der Waals surface area (Å²) in [4.78, 5) is 25.6. The quantitative estimate of drug-likeness (QED) is 0.683. The highest BCUT2D eigenvalue weighted by molar-refractivity contribution is 5.89. The first kappa shape index (κ1) is 13.7. The normalized spacial score (nSPS) is 10.8. The Morgan fingerprint density at radius 3 is 2.70 bits per heavy atom. The van der Waals surface area contributed by atoms with Crippen molar-refractivity contribution < 1.29 is 14.8 Å². The van der Waals surface area contributed by atoms with Gasteiger partial charge < -0.3 is 5.11 Å². The van der Waals surface area contributed by atoms with Crippen LogP contribution in [0.3, 0.4) is 0 Å². The minimum absolute atomic E-state index is 0.0868. The molecule has 0 unspecified atom stereocenters. The first-order valence-corrected chi connectivity index (χ1v) is 5.97. The number of hydrogen-bond acceptors (Lipinski definition) is 4. The highest BCUT2D eigenvalue weighted by Crippen LogP contribution is 2.27. The summed E-state index contributed by atoms with van der Waals surface area (Å²) in [7, 11) is 0. The molecule has 0 aliphatic rings. The molecule has 20 heavy (non-hydrogen) atoms. The Morgan fingerprint density at radius 1 is 1.45 bits per heavy atom. The minimum atomic E-state index is -1.20. The Morgan fingerprint density at radius 2 is 2.15 bits per heavy atom. The number of rotatable bonds is 4. The molecule has 0 bridgehead atoms. The second-order valence-corrected chi connectivity index (χ2v) is 4.58. The number of nitro groups is 1. The van der Waals surface area contributed by atoms with Crippen molar-refractivity contribution in [2.24, 2.45) is 0 Å². The molecule has 104 valence electrons. The van der Waals surface area contributed by atoms with Crippen LogP contribution < -0.4 is 0 Å². The lowest BCUT2D eigenvalue weighted by Crippen LogP contribution is -2.07. The molecule has 0 aliphatic carbocycles. The Bertz CT molecular complexity index is 676. The smallest absolute Gasteiger partial charge is 0.335 e. The molecular weight excluding hydrogens is 262 g/mol. The number of carboxylic acids is 1. The van der Waals surface area contributed by atoms with E-state index in [-0.39, 0.29) is 17.2 Å². The Balaban J connectivity index is 2.64. The van der Waals surface area contributed by atoms with E-state index in [0.29, 0.717) is 11.5 Å². The molecule has 7 nitrogen and oxygen atoms in total. The molecule has 0 amide bonds. The SMILES string of the molecule is CC(C)c1nccn1-c1ccc(C(=O)O)cc1[N+](=O)[O-]. The van der Waals surface area contributed by atoms with Crippen molar-refractivity contribution in [3.05, 3.63) is 52.1 Å². The van der Waals surface area contributed by atoms with Crippen molar-refractivity contribution in [3.8, 4) is 5.69 Å². The van der Waals surface area contributed by atoms with Crippen LogP contribution in [0.1, 0.15) is 35.9 Å². The van der Waals surface area contributed by atoms with E-state index in [0.717, 1.165) is 6.07 Å². The van der Waals surface area contributed by atoms with E-state index in [9.17, 15) is 14.9 Å². The molecule has 1 aromatic carbocycles. The van der Waals surface area contributed by atoms with Gasteiger partial charge in [0.2, 0.25) is 0 Å². The molecule has 2 aromatic rings. The fourth-order valence-corrected chi connectivity index (χ4v) is 1.95. The van der Waals surface area contributed by atoms with Crippen LogP contribution in [0.15, 0.2) is 30.6 Å². The first-order chi connectivity index (χ1) is 9.41. The third-order valence-electron chi connectivity index (χ3n) is 2.86. The monoisotopic (exact) mass is 275 g/mol. The van der Waals surface area contributed by atoms with Gasteiger partial charge in [0.25, 0.3) is 5.69 Å². The average Bonchev–Trinajstić information content (AvgIpc) is 2.86. The van der Waals surface area contributed by atoms with Gasteiger partial charge in [0, 0.05) is 24.4 Å². The minimum Gasteiger partial charge on any atom is -0.478 e. The van der Waals surface area contributed by atoms with E-state index in [1.165, 1.54) is 12.1 Å². The van der Waals surface area contributed by atoms with Crippen LogP contribution in [-0.4, -0.2) is 25.6 Å². The maximum Gasteiger partial charge on any atom is 0.335 e. The first-order valence-electron chi connectivity index (χ1n) is 5.97. The molecule has 0 aliphatic heterocycles. The zero-order valence-corrected chi connectivity index (χ0v) is 11.0. The van der Waals surface area contributed by atoms with Gasteiger partial charge in [-0.05, 0) is 12.1 Å². The van der Waals surface area contributed by atoms with E-state index >= 15 is 0 Å². The van der Waals surface area contributed by atoms with Crippen molar-refractivity contribution in [1.29, 1.82) is 0 Å². The third-order valence-corrected chi connectivity index (χ3v) is 2.86. The van der Waals surface area contributed by atoms with E-state index in [1.54, 1.807) is 17.0 Å². The maximum atomic E-state index is 11.2. The van der Waals surface area contributed by atoms with Gasteiger partial charge in [-0.1, -0.05) is 13.8 Å². The number of benzene rings is 1. The van der Waals surface area contributed by atoms with Crippen LogP contribution in [0.25, 0.3) is 5.69 Å². The largest absolute Gasteiger partial charge is 0.478 e. The van der Waals surface area contributed by atoms with Crippen molar-refractivity contribution in [2.75, 3.05) is 0 Å². The molecule has 0 saturated heterocycles. The zero-order valence-electron chi connectivity index (χ0n) is 11.0. The number of aromatic carboxylic acids is 1. The summed E-state index contributed by atoms with van der Waals surface area (Å²) in [6.07, 6.45) is 3.18. The number of nitro benzene ring substituents is 1. The van der Waals surface area contributed by atoms with Crippen molar-refractivity contribution in [1.82, 2.24) is 9.55 Å². The Hall–Kier alpha value is -2.70. The maximum absolute atomic E-state index is 11.2. The van der Waals surface area contributed by atoms with E-state index < -0.39 is 10.9 Å². The number of aromatic nitrogens is 2. The van der Waals surface area contributed by atoms with Crippen LogP contribution in [0.2, 0.25) is 0 Å². The second kappa shape index (κ2) is 5.12. The number of carbonyl (C=O) groups is 1. The molecule has 2 rings (SSSR count). The van der Waals surface area contributed by atoms with Gasteiger partial charge in [-0.15, -0.1) is 0 Å². The third kappa shape index (κ3) is 2.37. The van der Waals surface area contributed by atoms with Gasteiger partial charge in [0.05, 0.1) is 10.5 Å². The number of carboxylic acid groups (broad SMARTS) is 1. The topological polar surface area (TPSA) is 98.3 Å². The summed E-state index contributed by atoms with van der Waals surface area (Å²) in [6, 6.07) is 3.83. The molecule has 7 heteroatoms. The zero-order chi connectivity index (χ0) is 14.9. The molecule has 1 N–H and O–H groups in total. The molecular formula is C13H13N3O4. The van der Waals surface area contributed by atoms with Crippen molar-refractivity contribution in [3.63, 3.8) is 0 Å². The summed E-state index contributed by atoms with van der Waals surface area (Å²) < 4.78 is 1.61. The van der Waals surface area contributed by atoms with Gasteiger partial charge in [-0.3, -0.25) is 14.7 Å². The number of hydrogen-bond donors (Lipinski definition) is 1. The highest BCUT2D eigenvalue weighted by Gasteiger charge is 2.21. The number of nitrogens with zero attached hydrogens (tertiary/aromatic N) is 3.